The number of anilines is 1. The molecule has 0 saturated carbocycles. The van der Waals surface area contributed by atoms with Crippen LogP contribution in [0.5, 0.6) is 11.5 Å². The zero-order valence-electron chi connectivity index (χ0n) is 18.8. The van der Waals surface area contributed by atoms with E-state index in [1.54, 1.807) is 24.9 Å². The molecule has 0 aliphatic carbocycles. The second-order valence-corrected chi connectivity index (χ2v) is 10.0. The second kappa shape index (κ2) is 8.81. The topological polar surface area (TPSA) is 87.8 Å². The van der Waals surface area contributed by atoms with Gasteiger partial charge in [-0.05, 0) is 49.1 Å². The molecule has 174 valence electrons. The molecule has 8 nitrogen and oxygen atoms in total. The number of ether oxygens (including phenoxy) is 2. The Morgan fingerprint density at radius 1 is 1.21 bits per heavy atom. The van der Waals surface area contributed by atoms with Crippen molar-refractivity contribution < 1.29 is 14.3 Å². The van der Waals surface area contributed by atoms with Crippen molar-refractivity contribution in [3.63, 3.8) is 0 Å². The summed E-state index contributed by atoms with van der Waals surface area (Å²) in [6.45, 7) is 3.91. The van der Waals surface area contributed by atoms with Gasteiger partial charge in [0.2, 0.25) is 6.79 Å². The van der Waals surface area contributed by atoms with Gasteiger partial charge >= 0.3 is 0 Å². The van der Waals surface area contributed by atoms with Crippen LogP contribution in [0.25, 0.3) is 6.08 Å². The standard InChI is InChI=1S/C24H22N4O4S2/c1-14-16(21(27-7-3-4-8-27)26(2)22(29)17(14)11-25)10-20-23(30)28(24(33)34-20)12-15-5-6-18-19(9-15)32-13-31-18/h5-6,9-10H,3-4,7-8,12-13H2,1-2H3. The Morgan fingerprint density at radius 3 is 2.68 bits per heavy atom. The molecule has 3 aliphatic heterocycles. The van der Waals surface area contributed by atoms with Crippen molar-refractivity contribution in [2.45, 2.75) is 26.3 Å². The van der Waals surface area contributed by atoms with Gasteiger partial charge in [-0.25, -0.2) is 0 Å². The predicted molar refractivity (Wildman–Crippen MR) is 134 cm³/mol. The lowest BCUT2D eigenvalue weighted by molar-refractivity contribution is -0.122. The zero-order valence-corrected chi connectivity index (χ0v) is 20.4. The molecule has 0 N–H and O–H groups in total. The number of thioether (sulfide) groups is 1. The fraction of sp³-hybridized carbons (Fsp3) is 0.333. The third-order valence-electron chi connectivity index (χ3n) is 6.30. The summed E-state index contributed by atoms with van der Waals surface area (Å²) in [5, 5.41) is 9.61. The van der Waals surface area contributed by atoms with Gasteiger partial charge in [0.15, 0.2) is 11.5 Å². The van der Waals surface area contributed by atoms with Crippen LogP contribution in [0.1, 0.15) is 35.1 Å². The number of amides is 1. The quantitative estimate of drug-likeness (QED) is 0.473. The van der Waals surface area contributed by atoms with E-state index in [-0.39, 0.29) is 23.8 Å². The molecule has 0 radical (unpaired) electrons. The molecule has 2 saturated heterocycles. The van der Waals surface area contributed by atoms with Gasteiger partial charge < -0.3 is 14.4 Å². The number of thiocarbonyl (C=S) groups is 1. The normalized spacial score (nSPS) is 18.3. The van der Waals surface area contributed by atoms with E-state index in [2.05, 4.69) is 4.90 Å². The number of aromatic nitrogens is 1. The van der Waals surface area contributed by atoms with Crippen molar-refractivity contribution in [3.05, 3.63) is 55.7 Å². The first-order valence-corrected chi connectivity index (χ1v) is 12.1. The summed E-state index contributed by atoms with van der Waals surface area (Å²) in [4.78, 5) is 30.3. The average molecular weight is 495 g/mol. The molecule has 3 aliphatic rings. The molecule has 0 atom stereocenters. The van der Waals surface area contributed by atoms with Gasteiger partial charge in [-0.2, -0.15) is 5.26 Å². The van der Waals surface area contributed by atoms with E-state index >= 15 is 0 Å². The number of fused-ring (bicyclic) bond motifs is 1. The summed E-state index contributed by atoms with van der Waals surface area (Å²) in [6.07, 6.45) is 3.84. The maximum Gasteiger partial charge on any atom is 0.270 e. The van der Waals surface area contributed by atoms with Gasteiger partial charge in [0.1, 0.15) is 21.8 Å². The van der Waals surface area contributed by atoms with Crippen LogP contribution in [0.2, 0.25) is 0 Å². The van der Waals surface area contributed by atoms with Crippen LogP contribution < -0.4 is 19.9 Å². The van der Waals surface area contributed by atoms with E-state index < -0.39 is 0 Å². The molecule has 2 aromatic rings. The molecule has 0 spiro atoms. The lowest BCUT2D eigenvalue weighted by Crippen LogP contribution is -2.31. The molecule has 34 heavy (non-hydrogen) atoms. The van der Waals surface area contributed by atoms with Crippen molar-refractivity contribution in [1.29, 1.82) is 5.26 Å². The molecule has 1 amide bonds. The highest BCUT2D eigenvalue weighted by Gasteiger charge is 2.33. The first kappa shape index (κ1) is 22.5. The summed E-state index contributed by atoms with van der Waals surface area (Å²) < 4.78 is 12.8. The Morgan fingerprint density at radius 2 is 1.94 bits per heavy atom. The molecule has 1 aromatic carbocycles. The molecule has 0 bridgehead atoms. The number of carbonyl (C=O) groups excluding carboxylic acids is 1. The fourth-order valence-electron chi connectivity index (χ4n) is 4.51. The Bertz CT molecular complexity index is 1350. The van der Waals surface area contributed by atoms with Gasteiger partial charge in [0.25, 0.3) is 11.5 Å². The van der Waals surface area contributed by atoms with Crippen molar-refractivity contribution in [2.24, 2.45) is 7.05 Å². The van der Waals surface area contributed by atoms with Crippen LogP contribution in [-0.2, 0) is 18.4 Å². The third kappa shape index (κ3) is 3.75. The summed E-state index contributed by atoms with van der Waals surface area (Å²) in [7, 11) is 1.68. The minimum absolute atomic E-state index is 0.0903. The summed E-state index contributed by atoms with van der Waals surface area (Å²) in [5.74, 6) is 1.87. The monoisotopic (exact) mass is 494 g/mol. The Labute approximate surface area is 206 Å². The first-order chi connectivity index (χ1) is 16.4. The van der Waals surface area contributed by atoms with Crippen LogP contribution in [-0.4, -0.2) is 39.6 Å². The van der Waals surface area contributed by atoms with E-state index in [1.807, 2.05) is 24.3 Å². The molecule has 2 fully saturated rings. The molecule has 0 unspecified atom stereocenters. The molecule has 5 rings (SSSR count). The molecule has 1 aromatic heterocycles. The Balaban J connectivity index is 1.52. The van der Waals surface area contributed by atoms with Gasteiger partial charge in [-0.15, -0.1) is 0 Å². The maximum absolute atomic E-state index is 13.4. The van der Waals surface area contributed by atoms with Crippen molar-refractivity contribution in [1.82, 2.24) is 9.47 Å². The molecule has 10 heteroatoms. The SMILES string of the molecule is Cc1c(C=C2SC(=S)N(Cc3ccc4c(c3)OCO4)C2=O)c(N2CCCC2)n(C)c(=O)c1C#N. The number of hydrogen-bond acceptors (Lipinski definition) is 8. The second-order valence-electron chi connectivity index (χ2n) is 8.36. The largest absolute Gasteiger partial charge is 0.454 e. The van der Waals surface area contributed by atoms with Gasteiger partial charge in [-0.3, -0.25) is 19.1 Å². The smallest absolute Gasteiger partial charge is 0.270 e. The number of benzene rings is 1. The van der Waals surface area contributed by atoms with E-state index in [4.69, 9.17) is 21.7 Å². The average Bonchev–Trinajstić information content (AvgIpc) is 3.56. The van der Waals surface area contributed by atoms with Crippen LogP contribution in [0.4, 0.5) is 5.82 Å². The Kier molecular flexibility index (Phi) is 5.83. The summed E-state index contributed by atoms with van der Waals surface area (Å²) in [5.41, 5.74) is 1.93. The van der Waals surface area contributed by atoms with Crippen molar-refractivity contribution in [2.75, 3.05) is 24.8 Å². The molecular formula is C24H22N4O4S2. The van der Waals surface area contributed by atoms with E-state index in [0.29, 0.717) is 38.4 Å². The highest BCUT2D eigenvalue weighted by Crippen LogP contribution is 2.38. The van der Waals surface area contributed by atoms with E-state index in [1.165, 1.54) is 16.3 Å². The number of nitrogens with zero attached hydrogens (tertiary/aromatic N) is 4. The minimum atomic E-state index is -0.325. The maximum atomic E-state index is 13.4. The third-order valence-corrected chi connectivity index (χ3v) is 7.68. The van der Waals surface area contributed by atoms with Gasteiger partial charge in [0, 0.05) is 25.7 Å². The van der Waals surface area contributed by atoms with Crippen LogP contribution in [0.15, 0.2) is 27.9 Å². The van der Waals surface area contributed by atoms with E-state index in [9.17, 15) is 14.9 Å². The van der Waals surface area contributed by atoms with E-state index in [0.717, 1.165) is 37.3 Å². The number of hydrogen-bond donors (Lipinski definition) is 0. The van der Waals surface area contributed by atoms with Crippen molar-refractivity contribution in [3.8, 4) is 17.6 Å². The summed E-state index contributed by atoms with van der Waals surface area (Å²) >= 11 is 6.76. The van der Waals surface area contributed by atoms with Crippen LogP contribution in [0.3, 0.4) is 0 Å². The number of pyridine rings is 1. The fourth-order valence-corrected chi connectivity index (χ4v) is 5.75. The molecular weight excluding hydrogens is 472 g/mol. The lowest BCUT2D eigenvalue weighted by Gasteiger charge is -2.25. The lowest BCUT2D eigenvalue weighted by atomic mass is 10.0. The van der Waals surface area contributed by atoms with Gasteiger partial charge in [0.05, 0.1) is 11.4 Å². The highest BCUT2D eigenvalue weighted by atomic mass is 32.2. The predicted octanol–water partition coefficient (Wildman–Crippen LogP) is 3.30. The van der Waals surface area contributed by atoms with Crippen LogP contribution >= 0.6 is 24.0 Å². The highest BCUT2D eigenvalue weighted by molar-refractivity contribution is 8.26. The van der Waals surface area contributed by atoms with Crippen molar-refractivity contribution >= 4 is 46.1 Å². The van der Waals surface area contributed by atoms with Gasteiger partial charge in [-0.1, -0.05) is 30.0 Å². The number of carbonyl (C=O) groups is 1. The summed E-state index contributed by atoms with van der Waals surface area (Å²) in [6, 6.07) is 7.60. The zero-order chi connectivity index (χ0) is 24.0. The Hall–Kier alpha value is -3.29. The number of rotatable bonds is 4. The minimum Gasteiger partial charge on any atom is -0.454 e. The first-order valence-electron chi connectivity index (χ1n) is 10.9. The molecule has 4 heterocycles. The number of nitriles is 1. The van der Waals surface area contributed by atoms with Crippen LogP contribution in [0, 0.1) is 18.3 Å².